The van der Waals surface area contributed by atoms with Crippen molar-refractivity contribution in [3.05, 3.63) is 25.6 Å². The molecule has 0 bridgehead atoms. The third-order valence-electron chi connectivity index (χ3n) is 1.65. The maximum Gasteiger partial charge on any atom is 0.573 e. The number of nitrogens with zero attached hydrogens (tertiary/aromatic N) is 3. The molecule has 0 aliphatic rings. The van der Waals surface area contributed by atoms with Crippen molar-refractivity contribution in [2.45, 2.75) is 12.8 Å². The van der Waals surface area contributed by atoms with Crippen LogP contribution in [-0.2, 0) is 6.42 Å². The van der Waals surface area contributed by atoms with Crippen molar-refractivity contribution in [3.63, 3.8) is 0 Å². The maximum absolute atomic E-state index is 12.1. The van der Waals surface area contributed by atoms with Crippen LogP contribution in [0.4, 0.5) is 18.9 Å². The number of ether oxygens (including phenoxy) is 1. The lowest BCUT2D eigenvalue weighted by atomic mass is 10.2. The standard InChI is InChI=1S/C8H3F3IN3O3/c9-8(10,11)18-7-4(1-2-13)14-6(12)3-5(7)15(16)17/h3H,1H2. The molecule has 0 amide bonds. The predicted octanol–water partition coefficient (Wildman–Crippen LogP) is 2.56. The number of pyridine rings is 1. The quantitative estimate of drug-likeness (QED) is 0.352. The molecular formula is C8H3F3IN3O3. The number of aromatic nitrogens is 1. The molecule has 0 fully saturated rings. The summed E-state index contributed by atoms with van der Waals surface area (Å²) in [5, 5.41) is 19.1. The summed E-state index contributed by atoms with van der Waals surface area (Å²) in [6.07, 6.45) is -5.62. The van der Waals surface area contributed by atoms with Crippen LogP contribution in [0.3, 0.4) is 0 Å². The molecule has 0 saturated carbocycles. The first-order valence-electron chi connectivity index (χ1n) is 4.21. The van der Waals surface area contributed by atoms with Gasteiger partial charge in [0.05, 0.1) is 23.5 Å². The summed E-state index contributed by atoms with van der Waals surface area (Å²) in [6.45, 7) is 0. The van der Waals surface area contributed by atoms with E-state index in [1.165, 1.54) is 0 Å². The Morgan fingerprint density at radius 1 is 1.61 bits per heavy atom. The third-order valence-corrected chi connectivity index (χ3v) is 2.21. The van der Waals surface area contributed by atoms with Gasteiger partial charge in [-0.2, -0.15) is 5.26 Å². The second-order valence-electron chi connectivity index (χ2n) is 2.88. The zero-order chi connectivity index (χ0) is 13.9. The molecule has 0 aliphatic carbocycles. The van der Waals surface area contributed by atoms with Crippen molar-refractivity contribution in [2.24, 2.45) is 0 Å². The molecule has 0 aliphatic heterocycles. The van der Waals surface area contributed by atoms with Crippen LogP contribution in [-0.4, -0.2) is 16.3 Å². The summed E-state index contributed by atoms with van der Waals surface area (Å²) < 4.78 is 40.1. The minimum Gasteiger partial charge on any atom is -0.396 e. The Morgan fingerprint density at radius 3 is 2.67 bits per heavy atom. The van der Waals surface area contributed by atoms with Gasteiger partial charge in [0.2, 0.25) is 5.75 Å². The average molecular weight is 373 g/mol. The van der Waals surface area contributed by atoms with Crippen molar-refractivity contribution >= 4 is 28.3 Å². The highest BCUT2D eigenvalue weighted by atomic mass is 127. The summed E-state index contributed by atoms with van der Waals surface area (Å²) in [5.74, 6) is -1.05. The molecule has 10 heteroatoms. The van der Waals surface area contributed by atoms with Gasteiger partial charge in [0.15, 0.2) is 0 Å². The lowest BCUT2D eigenvalue weighted by Crippen LogP contribution is -2.19. The predicted molar refractivity (Wildman–Crippen MR) is 59.6 cm³/mol. The molecule has 6 nitrogen and oxygen atoms in total. The Hall–Kier alpha value is -1.64. The second-order valence-corrected chi connectivity index (χ2v) is 3.98. The molecule has 1 aromatic heterocycles. The smallest absolute Gasteiger partial charge is 0.396 e. The summed E-state index contributed by atoms with van der Waals surface area (Å²) >= 11 is 1.60. The molecule has 96 valence electrons. The van der Waals surface area contributed by atoms with Crippen molar-refractivity contribution < 1.29 is 22.8 Å². The first-order chi connectivity index (χ1) is 8.24. The van der Waals surface area contributed by atoms with Crippen LogP contribution in [0.2, 0.25) is 0 Å². The van der Waals surface area contributed by atoms with Crippen LogP contribution in [0.15, 0.2) is 6.07 Å². The zero-order valence-corrected chi connectivity index (χ0v) is 10.5. The normalized spacial score (nSPS) is 10.8. The molecule has 0 saturated heterocycles. The fraction of sp³-hybridized carbons (Fsp3) is 0.250. The highest BCUT2D eigenvalue weighted by molar-refractivity contribution is 14.1. The van der Waals surface area contributed by atoms with E-state index < -0.39 is 34.8 Å². The number of nitro groups is 1. The Labute approximate surface area is 112 Å². The number of hydrogen-bond acceptors (Lipinski definition) is 5. The lowest BCUT2D eigenvalue weighted by Gasteiger charge is -2.11. The van der Waals surface area contributed by atoms with E-state index in [1.54, 1.807) is 28.7 Å². The molecular weight excluding hydrogens is 370 g/mol. The van der Waals surface area contributed by atoms with Crippen LogP contribution in [0, 0.1) is 25.1 Å². The topological polar surface area (TPSA) is 89.0 Å². The summed E-state index contributed by atoms with van der Waals surface area (Å²) in [7, 11) is 0. The largest absolute Gasteiger partial charge is 0.573 e. The van der Waals surface area contributed by atoms with Crippen LogP contribution in [0.1, 0.15) is 5.69 Å². The van der Waals surface area contributed by atoms with Crippen LogP contribution >= 0.6 is 22.6 Å². The Bertz CT molecular complexity index is 527. The lowest BCUT2D eigenvalue weighted by molar-refractivity contribution is -0.388. The first-order valence-corrected chi connectivity index (χ1v) is 5.29. The molecule has 1 aromatic rings. The summed E-state index contributed by atoms with van der Waals surface area (Å²) in [6, 6.07) is 2.40. The van der Waals surface area contributed by atoms with Gasteiger partial charge in [-0.3, -0.25) is 10.1 Å². The van der Waals surface area contributed by atoms with Crippen LogP contribution in [0.5, 0.6) is 5.75 Å². The highest BCUT2D eigenvalue weighted by Crippen LogP contribution is 2.35. The third kappa shape index (κ3) is 3.69. The number of halogens is 4. The van der Waals surface area contributed by atoms with Crippen molar-refractivity contribution in [3.8, 4) is 11.8 Å². The van der Waals surface area contributed by atoms with Gasteiger partial charge >= 0.3 is 12.0 Å². The number of hydrogen-bond donors (Lipinski definition) is 0. The van der Waals surface area contributed by atoms with Gasteiger partial charge in [0.1, 0.15) is 9.39 Å². The van der Waals surface area contributed by atoms with Gasteiger partial charge in [0, 0.05) is 0 Å². The van der Waals surface area contributed by atoms with E-state index in [9.17, 15) is 23.3 Å². The summed E-state index contributed by atoms with van der Waals surface area (Å²) in [4.78, 5) is 13.3. The maximum atomic E-state index is 12.1. The molecule has 0 unspecified atom stereocenters. The van der Waals surface area contributed by atoms with Gasteiger partial charge in [-0.1, -0.05) is 0 Å². The number of rotatable bonds is 3. The van der Waals surface area contributed by atoms with E-state index >= 15 is 0 Å². The molecule has 1 rings (SSSR count). The van der Waals surface area contributed by atoms with Crippen molar-refractivity contribution in [1.29, 1.82) is 5.26 Å². The van der Waals surface area contributed by atoms with Crippen molar-refractivity contribution in [1.82, 2.24) is 4.98 Å². The number of alkyl halides is 3. The molecule has 0 aromatic carbocycles. The first kappa shape index (κ1) is 14.4. The highest BCUT2D eigenvalue weighted by Gasteiger charge is 2.36. The molecule has 0 spiro atoms. The second kappa shape index (κ2) is 5.34. The monoisotopic (exact) mass is 373 g/mol. The molecule has 0 N–H and O–H groups in total. The van der Waals surface area contributed by atoms with E-state index in [0.717, 1.165) is 6.07 Å². The minimum absolute atomic E-state index is 0.0964. The van der Waals surface area contributed by atoms with Gasteiger partial charge in [-0.05, 0) is 22.6 Å². The molecule has 18 heavy (non-hydrogen) atoms. The molecule has 0 radical (unpaired) electrons. The SMILES string of the molecule is N#CCc1nc(I)cc([N+](=O)[O-])c1OC(F)(F)F. The van der Waals surface area contributed by atoms with E-state index in [4.69, 9.17) is 5.26 Å². The Balaban J connectivity index is 3.41. The van der Waals surface area contributed by atoms with Gasteiger partial charge in [0.25, 0.3) is 0 Å². The van der Waals surface area contributed by atoms with E-state index in [-0.39, 0.29) is 3.70 Å². The van der Waals surface area contributed by atoms with E-state index in [1.807, 2.05) is 0 Å². The van der Waals surface area contributed by atoms with E-state index in [2.05, 4.69) is 9.72 Å². The molecule has 1 heterocycles. The average Bonchev–Trinajstić information content (AvgIpc) is 2.19. The van der Waals surface area contributed by atoms with Crippen molar-refractivity contribution in [2.75, 3.05) is 0 Å². The molecule has 0 atom stereocenters. The van der Waals surface area contributed by atoms with Crippen LogP contribution < -0.4 is 4.74 Å². The van der Waals surface area contributed by atoms with Gasteiger partial charge in [-0.15, -0.1) is 13.2 Å². The van der Waals surface area contributed by atoms with Gasteiger partial charge in [-0.25, -0.2) is 4.98 Å². The van der Waals surface area contributed by atoms with E-state index in [0.29, 0.717) is 0 Å². The minimum atomic E-state index is -5.09. The fourth-order valence-corrected chi connectivity index (χ4v) is 1.68. The number of nitriles is 1. The zero-order valence-electron chi connectivity index (χ0n) is 8.36. The van der Waals surface area contributed by atoms with Gasteiger partial charge < -0.3 is 4.74 Å². The Kier molecular flexibility index (Phi) is 4.28. The summed E-state index contributed by atoms with van der Waals surface area (Å²) in [5.41, 5.74) is -1.30. The Morgan fingerprint density at radius 2 is 2.22 bits per heavy atom. The van der Waals surface area contributed by atoms with Crippen LogP contribution in [0.25, 0.3) is 0 Å². The fourth-order valence-electron chi connectivity index (χ4n) is 1.10.